The maximum Gasteiger partial charge on any atom is 0.295 e. The second-order valence-electron chi connectivity index (χ2n) is 3.78. The lowest BCUT2D eigenvalue weighted by Gasteiger charge is -2.09. The molecule has 0 saturated heterocycles. The van der Waals surface area contributed by atoms with Crippen LogP contribution in [0.3, 0.4) is 0 Å². The van der Waals surface area contributed by atoms with E-state index in [9.17, 15) is 16.8 Å². The van der Waals surface area contributed by atoms with Gasteiger partial charge < -0.3 is 5.73 Å². The Morgan fingerprint density at radius 3 is 1.89 bits per heavy atom. The second kappa shape index (κ2) is 4.17. The van der Waals surface area contributed by atoms with Crippen LogP contribution in [0.2, 0.25) is 0 Å². The van der Waals surface area contributed by atoms with Crippen molar-refractivity contribution in [1.82, 2.24) is 0 Å². The molecule has 0 aliphatic rings. The van der Waals surface area contributed by atoms with Crippen LogP contribution in [0.25, 0.3) is 10.8 Å². The lowest BCUT2D eigenvalue weighted by molar-refractivity contribution is 0.483. The van der Waals surface area contributed by atoms with Crippen LogP contribution >= 0.6 is 0 Å². The van der Waals surface area contributed by atoms with E-state index in [0.29, 0.717) is 0 Å². The van der Waals surface area contributed by atoms with Gasteiger partial charge in [0.2, 0.25) is 0 Å². The monoisotopic (exact) mass is 303 g/mol. The maximum atomic E-state index is 11.3. The first-order chi connectivity index (χ1) is 8.62. The number of rotatable bonds is 2. The molecular formula is C10H9NO6S2. The van der Waals surface area contributed by atoms with E-state index in [-0.39, 0.29) is 16.5 Å². The van der Waals surface area contributed by atoms with E-state index in [0.717, 1.165) is 12.1 Å². The third-order valence-corrected chi connectivity index (χ3v) is 4.35. The topological polar surface area (TPSA) is 135 Å². The van der Waals surface area contributed by atoms with Crippen LogP contribution in [-0.4, -0.2) is 25.9 Å². The zero-order chi connectivity index (χ0) is 14.4. The minimum absolute atomic E-state index is 0.102. The smallest absolute Gasteiger partial charge is 0.295 e. The average Bonchev–Trinajstić information content (AvgIpc) is 2.26. The molecule has 2 aromatic carbocycles. The summed E-state index contributed by atoms with van der Waals surface area (Å²) in [4.78, 5) is -1.27. The van der Waals surface area contributed by atoms with Gasteiger partial charge >= 0.3 is 0 Å². The van der Waals surface area contributed by atoms with Crippen molar-refractivity contribution in [2.75, 3.05) is 5.73 Å². The molecule has 9 heteroatoms. The third kappa shape index (κ3) is 2.40. The van der Waals surface area contributed by atoms with Crippen molar-refractivity contribution in [2.24, 2.45) is 0 Å². The number of nitrogens with two attached hydrogens (primary N) is 1. The van der Waals surface area contributed by atoms with Gasteiger partial charge in [0.15, 0.2) is 0 Å². The number of fused-ring (bicyclic) bond motifs is 1. The molecule has 0 spiro atoms. The fourth-order valence-electron chi connectivity index (χ4n) is 1.79. The third-order valence-electron chi connectivity index (χ3n) is 2.55. The summed E-state index contributed by atoms with van der Waals surface area (Å²) in [7, 11) is -9.32. The molecule has 0 aliphatic heterocycles. The Hall–Kier alpha value is -1.68. The lowest BCUT2D eigenvalue weighted by atomic mass is 10.1. The van der Waals surface area contributed by atoms with E-state index in [1.807, 2.05) is 0 Å². The van der Waals surface area contributed by atoms with E-state index in [4.69, 9.17) is 14.8 Å². The molecule has 7 nitrogen and oxygen atoms in total. The van der Waals surface area contributed by atoms with Gasteiger partial charge in [-0.05, 0) is 18.2 Å². The molecule has 0 amide bonds. The average molecular weight is 303 g/mol. The number of benzene rings is 2. The van der Waals surface area contributed by atoms with Gasteiger partial charge in [-0.3, -0.25) is 9.11 Å². The molecule has 0 bridgehead atoms. The molecule has 2 aromatic rings. The van der Waals surface area contributed by atoms with E-state index >= 15 is 0 Å². The number of anilines is 1. The van der Waals surface area contributed by atoms with Gasteiger partial charge in [-0.15, -0.1) is 0 Å². The molecule has 0 radical (unpaired) electrons. The first kappa shape index (κ1) is 13.7. The van der Waals surface area contributed by atoms with Crippen LogP contribution in [0.4, 0.5) is 5.69 Å². The Balaban J connectivity index is 3.15. The van der Waals surface area contributed by atoms with Gasteiger partial charge in [0.25, 0.3) is 20.2 Å². The summed E-state index contributed by atoms with van der Waals surface area (Å²) in [5, 5.41) is -0.238. The first-order valence-electron chi connectivity index (χ1n) is 4.88. The van der Waals surface area contributed by atoms with E-state index in [1.165, 1.54) is 18.2 Å². The van der Waals surface area contributed by atoms with Crippen LogP contribution < -0.4 is 5.73 Å². The van der Waals surface area contributed by atoms with Crippen molar-refractivity contribution in [3.05, 3.63) is 30.3 Å². The highest BCUT2D eigenvalue weighted by Crippen LogP contribution is 2.32. The minimum atomic E-state index is -4.66. The first-order valence-corrected chi connectivity index (χ1v) is 7.76. The summed E-state index contributed by atoms with van der Waals surface area (Å²) in [5.41, 5.74) is 5.75. The lowest BCUT2D eigenvalue weighted by Crippen LogP contribution is -2.05. The van der Waals surface area contributed by atoms with E-state index in [2.05, 4.69) is 0 Å². The molecular weight excluding hydrogens is 294 g/mol. The molecule has 19 heavy (non-hydrogen) atoms. The Morgan fingerprint density at radius 2 is 1.37 bits per heavy atom. The predicted octanol–water partition coefficient (Wildman–Crippen LogP) is 0.915. The fraction of sp³-hybridized carbons (Fsp3) is 0. The molecule has 0 fully saturated rings. The number of hydrogen-bond donors (Lipinski definition) is 3. The molecule has 2 rings (SSSR count). The summed E-state index contributed by atoms with van der Waals surface area (Å²) in [6.07, 6.45) is 0. The van der Waals surface area contributed by atoms with Gasteiger partial charge in [-0.1, -0.05) is 12.1 Å². The summed E-state index contributed by atoms with van der Waals surface area (Å²) in [6.45, 7) is 0. The summed E-state index contributed by atoms with van der Waals surface area (Å²) in [5.74, 6) is 0. The molecule has 0 aromatic heterocycles. The summed E-state index contributed by atoms with van der Waals surface area (Å²) in [6, 6.07) is 5.90. The van der Waals surface area contributed by atoms with Crippen LogP contribution in [0, 0.1) is 0 Å². The summed E-state index contributed by atoms with van der Waals surface area (Å²) >= 11 is 0. The highest BCUT2D eigenvalue weighted by molar-refractivity contribution is 7.87. The fourth-order valence-corrected chi connectivity index (χ4v) is 3.31. The summed E-state index contributed by atoms with van der Waals surface area (Å²) < 4.78 is 63.3. The Labute approximate surface area is 109 Å². The number of hydrogen-bond acceptors (Lipinski definition) is 5. The van der Waals surface area contributed by atoms with Crippen molar-refractivity contribution in [2.45, 2.75) is 9.79 Å². The zero-order valence-electron chi connectivity index (χ0n) is 9.31. The Bertz CT molecular complexity index is 832. The van der Waals surface area contributed by atoms with Crippen LogP contribution in [0.5, 0.6) is 0 Å². The Morgan fingerprint density at radius 1 is 0.842 bits per heavy atom. The van der Waals surface area contributed by atoms with Gasteiger partial charge in [0, 0.05) is 16.5 Å². The van der Waals surface area contributed by atoms with Gasteiger partial charge in [0.1, 0.15) is 9.79 Å². The van der Waals surface area contributed by atoms with Crippen LogP contribution in [-0.2, 0) is 20.2 Å². The van der Waals surface area contributed by atoms with E-state index in [1.54, 1.807) is 0 Å². The van der Waals surface area contributed by atoms with Crippen molar-refractivity contribution < 1.29 is 25.9 Å². The van der Waals surface area contributed by atoms with Crippen LogP contribution in [0.1, 0.15) is 0 Å². The van der Waals surface area contributed by atoms with Gasteiger partial charge in [0.05, 0.1) is 0 Å². The van der Waals surface area contributed by atoms with E-state index < -0.39 is 30.0 Å². The van der Waals surface area contributed by atoms with Crippen LogP contribution in [0.15, 0.2) is 40.1 Å². The van der Waals surface area contributed by atoms with Crippen molar-refractivity contribution in [3.63, 3.8) is 0 Å². The minimum Gasteiger partial charge on any atom is -0.398 e. The van der Waals surface area contributed by atoms with Crippen molar-refractivity contribution >= 4 is 36.7 Å². The molecule has 0 saturated carbocycles. The quantitative estimate of drug-likeness (QED) is 0.554. The van der Waals surface area contributed by atoms with Gasteiger partial charge in [-0.2, -0.15) is 16.8 Å². The highest BCUT2D eigenvalue weighted by atomic mass is 32.2. The predicted molar refractivity (Wildman–Crippen MR) is 68.0 cm³/mol. The molecule has 0 aliphatic carbocycles. The Kier molecular flexibility index (Phi) is 3.01. The zero-order valence-corrected chi connectivity index (χ0v) is 10.9. The highest BCUT2D eigenvalue weighted by Gasteiger charge is 2.22. The second-order valence-corrected chi connectivity index (χ2v) is 6.56. The SMILES string of the molecule is Nc1ccc(S(=O)(=O)O)c2c(S(=O)(=O)O)cccc12. The molecule has 0 atom stereocenters. The number of nitrogen functional groups attached to an aromatic ring is 1. The van der Waals surface area contributed by atoms with Gasteiger partial charge in [-0.25, -0.2) is 0 Å². The molecule has 102 valence electrons. The molecule has 0 heterocycles. The standard InChI is InChI=1S/C10H9NO6S2/c11-7-4-5-9(19(15,16)17)10-6(7)2-1-3-8(10)18(12,13)14/h1-5H,11H2,(H,12,13,14)(H,15,16,17). The van der Waals surface area contributed by atoms with Crippen molar-refractivity contribution in [3.8, 4) is 0 Å². The largest absolute Gasteiger partial charge is 0.398 e. The molecule has 4 N–H and O–H groups in total. The maximum absolute atomic E-state index is 11.3. The molecule has 0 unspecified atom stereocenters. The normalized spacial score (nSPS) is 12.7. The van der Waals surface area contributed by atoms with Crippen molar-refractivity contribution in [1.29, 1.82) is 0 Å².